The number of H-pyrrole nitrogens is 1. The van der Waals surface area contributed by atoms with Crippen LogP contribution in [0.4, 0.5) is 19.3 Å². The van der Waals surface area contributed by atoms with E-state index in [-0.39, 0.29) is 11.9 Å². The molecule has 0 radical (unpaired) electrons. The second kappa shape index (κ2) is 6.88. The average molecular weight is 348 g/mol. The number of carbonyl (C=O) groups excluding carboxylic acids is 1. The Morgan fingerprint density at radius 1 is 1.36 bits per heavy atom. The van der Waals surface area contributed by atoms with Crippen molar-refractivity contribution < 1.29 is 13.6 Å². The number of halogens is 2. The third kappa shape index (κ3) is 3.76. The Hall–Kier alpha value is -2.97. The van der Waals surface area contributed by atoms with Crippen molar-refractivity contribution >= 4 is 22.8 Å². The van der Waals surface area contributed by atoms with Crippen LogP contribution >= 0.6 is 0 Å². The van der Waals surface area contributed by atoms with E-state index >= 15 is 0 Å². The Balaban J connectivity index is 1.57. The number of aromatic nitrogens is 4. The van der Waals surface area contributed by atoms with Gasteiger partial charge in [-0.15, -0.1) is 0 Å². The number of urea groups is 1. The number of aromatic amines is 1. The molecule has 2 heterocycles. The number of nitrogens with one attached hydrogen (secondary N) is 3. The number of hydrogen-bond donors (Lipinski definition) is 3. The number of alkyl halides is 2. The third-order valence-corrected chi connectivity index (χ3v) is 3.95. The number of amides is 2. The minimum atomic E-state index is -2.66. The van der Waals surface area contributed by atoms with Crippen molar-refractivity contribution in [3.05, 3.63) is 41.7 Å². The predicted octanol–water partition coefficient (Wildman–Crippen LogP) is 3.14. The Bertz CT molecular complexity index is 901. The van der Waals surface area contributed by atoms with Gasteiger partial charge in [0.2, 0.25) is 0 Å². The summed E-state index contributed by atoms with van der Waals surface area (Å²) in [5, 5.41) is 5.41. The van der Waals surface area contributed by atoms with Gasteiger partial charge in [0.05, 0.1) is 23.1 Å². The van der Waals surface area contributed by atoms with Crippen molar-refractivity contribution in [2.75, 3.05) is 11.9 Å². The van der Waals surface area contributed by atoms with Crippen LogP contribution in [0, 0.1) is 13.8 Å². The standard InChI is InChI=1S/C16H18F2N6O/c1-9-10(2)24(8-20-9)6-5-19-16(25)21-11-3-4-12-13(7-11)23-15(22-12)14(17)18/h3-4,7-8,14H,5-6H2,1-2H3,(H,22,23)(H2,19,21,25). The van der Waals surface area contributed by atoms with Gasteiger partial charge >= 0.3 is 6.03 Å². The minimum absolute atomic E-state index is 0.373. The van der Waals surface area contributed by atoms with Crippen molar-refractivity contribution in [1.29, 1.82) is 0 Å². The molecule has 9 heteroatoms. The van der Waals surface area contributed by atoms with Gasteiger partial charge in [0, 0.05) is 24.5 Å². The van der Waals surface area contributed by atoms with Gasteiger partial charge in [-0.25, -0.2) is 23.5 Å². The molecule has 0 unspecified atom stereocenters. The molecular weight excluding hydrogens is 330 g/mol. The van der Waals surface area contributed by atoms with Crippen LogP contribution in [0.3, 0.4) is 0 Å². The molecule has 0 aliphatic carbocycles. The van der Waals surface area contributed by atoms with Gasteiger partial charge < -0.3 is 20.2 Å². The highest BCUT2D eigenvalue weighted by atomic mass is 19.3. The van der Waals surface area contributed by atoms with E-state index in [1.165, 1.54) is 0 Å². The number of imidazole rings is 2. The normalized spacial score (nSPS) is 11.2. The van der Waals surface area contributed by atoms with Crippen LogP contribution in [-0.4, -0.2) is 32.1 Å². The Morgan fingerprint density at radius 3 is 2.84 bits per heavy atom. The molecule has 7 nitrogen and oxygen atoms in total. The molecule has 0 saturated heterocycles. The molecule has 0 saturated carbocycles. The van der Waals surface area contributed by atoms with Crippen molar-refractivity contribution in [2.45, 2.75) is 26.8 Å². The summed E-state index contributed by atoms with van der Waals surface area (Å²) in [7, 11) is 0. The summed E-state index contributed by atoms with van der Waals surface area (Å²) in [5.41, 5.74) is 3.37. The molecule has 2 aromatic heterocycles. The Morgan fingerprint density at radius 2 is 2.16 bits per heavy atom. The van der Waals surface area contributed by atoms with Crippen molar-refractivity contribution in [1.82, 2.24) is 24.8 Å². The lowest BCUT2D eigenvalue weighted by atomic mass is 10.3. The maximum atomic E-state index is 12.6. The van der Waals surface area contributed by atoms with Crippen LogP contribution in [0.2, 0.25) is 0 Å². The first-order valence-corrected chi connectivity index (χ1v) is 7.75. The van der Waals surface area contributed by atoms with Crippen LogP contribution < -0.4 is 10.6 Å². The van der Waals surface area contributed by atoms with Crippen LogP contribution in [0.5, 0.6) is 0 Å². The molecule has 0 fully saturated rings. The van der Waals surface area contributed by atoms with Crippen LogP contribution in [-0.2, 0) is 6.54 Å². The zero-order valence-electron chi connectivity index (χ0n) is 13.8. The topological polar surface area (TPSA) is 87.6 Å². The summed E-state index contributed by atoms with van der Waals surface area (Å²) in [5.74, 6) is -0.386. The molecule has 3 N–H and O–H groups in total. The number of rotatable bonds is 5. The summed E-state index contributed by atoms with van der Waals surface area (Å²) < 4.78 is 27.2. The smallest absolute Gasteiger partial charge is 0.319 e. The van der Waals surface area contributed by atoms with Crippen LogP contribution in [0.1, 0.15) is 23.6 Å². The van der Waals surface area contributed by atoms with Gasteiger partial charge in [0.15, 0.2) is 5.82 Å². The molecule has 1 aromatic carbocycles. The van der Waals surface area contributed by atoms with Gasteiger partial charge in [-0.05, 0) is 32.0 Å². The van der Waals surface area contributed by atoms with Crippen molar-refractivity contribution in [3.8, 4) is 0 Å². The summed E-state index contributed by atoms with van der Waals surface area (Å²) in [6.07, 6.45) is -0.931. The van der Waals surface area contributed by atoms with E-state index < -0.39 is 6.43 Å². The van der Waals surface area contributed by atoms with Gasteiger partial charge in [0.1, 0.15) is 0 Å². The van der Waals surface area contributed by atoms with Crippen molar-refractivity contribution in [2.24, 2.45) is 0 Å². The van der Waals surface area contributed by atoms with Crippen LogP contribution in [0.15, 0.2) is 24.5 Å². The summed E-state index contributed by atoms with van der Waals surface area (Å²) in [4.78, 5) is 22.5. The largest absolute Gasteiger partial charge is 0.337 e. The van der Waals surface area contributed by atoms with E-state index in [0.717, 1.165) is 11.4 Å². The van der Waals surface area contributed by atoms with E-state index in [4.69, 9.17) is 0 Å². The fourth-order valence-electron chi connectivity index (χ4n) is 2.45. The second-order valence-electron chi connectivity index (χ2n) is 5.64. The maximum Gasteiger partial charge on any atom is 0.319 e. The first-order chi connectivity index (χ1) is 11.9. The summed E-state index contributed by atoms with van der Waals surface area (Å²) >= 11 is 0. The number of anilines is 1. The Labute approximate surface area is 142 Å². The Kier molecular flexibility index (Phi) is 4.64. The molecule has 0 aliphatic heterocycles. The van der Waals surface area contributed by atoms with E-state index in [0.29, 0.717) is 29.8 Å². The number of carbonyl (C=O) groups is 1. The number of nitrogens with zero attached hydrogens (tertiary/aromatic N) is 3. The van der Waals surface area contributed by atoms with Crippen LogP contribution in [0.25, 0.3) is 11.0 Å². The molecule has 0 aliphatic rings. The van der Waals surface area contributed by atoms with E-state index in [1.54, 1.807) is 24.5 Å². The lowest BCUT2D eigenvalue weighted by Gasteiger charge is -2.09. The first kappa shape index (κ1) is 16.9. The van der Waals surface area contributed by atoms with Gasteiger partial charge in [-0.2, -0.15) is 0 Å². The van der Waals surface area contributed by atoms with Gasteiger partial charge in [-0.1, -0.05) is 0 Å². The maximum absolute atomic E-state index is 12.6. The highest BCUT2D eigenvalue weighted by Gasteiger charge is 2.13. The number of benzene rings is 1. The zero-order valence-corrected chi connectivity index (χ0v) is 13.8. The molecule has 0 bridgehead atoms. The van der Waals surface area contributed by atoms with Gasteiger partial charge in [-0.3, -0.25) is 0 Å². The minimum Gasteiger partial charge on any atom is -0.337 e. The predicted molar refractivity (Wildman–Crippen MR) is 89.8 cm³/mol. The van der Waals surface area contributed by atoms with Crippen molar-refractivity contribution in [3.63, 3.8) is 0 Å². The molecule has 3 aromatic rings. The number of fused-ring (bicyclic) bond motifs is 1. The fraction of sp³-hybridized carbons (Fsp3) is 0.312. The highest BCUT2D eigenvalue weighted by Crippen LogP contribution is 2.22. The highest BCUT2D eigenvalue weighted by molar-refractivity contribution is 5.91. The summed E-state index contributed by atoms with van der Waals surface area (Å²) in [6.45, 7) is 4.94. The molecular formula is C16H18F2N6O. The lowest BCUT2D eigenvalue weighted by molar-refractivity contribution is 0.142. The average Bonchev–Trinajstić information content (AvgIpc) is 3.13. The monoisotopic (exact) mass is 348 g/mol. The number of hydrogen-bond acceptors (Lipinski definition) is 3. The van der Waals surface area contributed by atoms with E-state index in [1.807, 2.05) is 18.4 Å². The molecule has 2 amide bonds. The molecule has 3 rings (SSSR count). The molecule has 0 spiro atoms. The SMILES string of the molecule is Cc1ncn(CCNC(=O)Nc2ccc3nc(C(F)F)[nH]c3c2)c1C. The second-order valence-corrected chi connectivity index (χ2v) is 5.64. The first-order valence-electron chi connectivity index (χ1n) is 7.75. The summed E-state index contributed by atoms with van der Waals surface area (Å²) in [6, 6.07) is 4.38. The lowest BCUT2D eigenvalue weighted by Crippen LogP contribution is -2.31. The van der Waals surface area contributed by atoms with E-state index in [2.05, 4.69) is 25.6 Å². The zero-order chi connectivity index (χ0) is 18.0. The number of aryl methyl sites for hydroxylation is 1. The fourth-order valence-corrected chi connectivity index (χ4v) is 2.45. The molecule has 132 valence electrons. The van der Waals surface area contributed by atoms with E-state index in [9.17, 15) is 13.6 Å². The quantitative estimate of drug-likeness (QED) is 0.662. The third-order valence-electron chi connectivity index (χ3n) is 3.95. The molecule has 25 heavy (non-hydrogen) atoms. The molecule has 0 atom stereocenters. The van der Waals surface area contributed by atoms with Gasteiger partial charge in [0.25, 0.3) is 6.43 Å².